The van der Waals surface area contributed by atoms with Crippen LogP contribution < -0.4 is 25.5 Å². The van der Waals surface area contributed by atoms with E-state index < -0.39 is 17.6 Å². The molecule has 2 aliphatic rings. The third-order valence-corrected chi connectivity index (χ3v) is 12.7. The molecule has 0 N–H and O–H groups in total. The van der Waals surface area contributed by atoms with Crippen LogP contribution in [0.2, 0.25) is 13.1 Å². The molecule has 0 radical (unpaired) electrons. The molecular formula is C27H24OSi2. The Kier molecular flexibility index (Phi) is 4.08. The van der Waals surface area contributed by atoms with Crippen molar-refractivity contribution >= 4 is 38.3 Å². The molecule has 1 nitrogen and oxygen atoms in total. The zero-order chi connectivity index (χ0) is 20.2. The monoisotopic (exact) mass is 420 g/mol. The molecule has 0 unspecified atom stereocenters. The van der Waals surface area contributed by atoms with Crippen LogP contribution in [0.15, 0.2) is 84.9 Å². The van der Waals surface area contributed by atoms with Crippen LogP contribution >= 0.6 is 0 Å². The van der Waals surface area contributed by atoms with Crippen LogP contribution in [0.25, 0.3) is 11.1 Å². The molecular weight excluding hydrogens is 396 g/mol. The molecule has 0 bridgehead atoms. The van der Waals surface area contributed by atoms with Crippen molar-refractivity contribution in [3.8, 4) is 22.6 Å². The van der Waals surface area contributed by atoms with Crippen molar-refractivity contribution in [2.24, 2.45) is 0 Å². The molecule has 4 aromatic rings. The van der Waals surface area contributed by atoms with Gasteiger partial charge in [0.25, 0.3) is 0 Å². The molecule has 0 amide bonds. The lowest BCUT2D eigenvalue weighted by molar-refractivity contribution is 0.487. The second-order valence-corrected chi connectivity index (χ2v) is 14.0. The average Bonchev–Trinajstić information content (AvgIpc) is 2.79. The Balaban J connectivity index is 1.39. The van der Waals surface area contributed by atoms with Crippen LogP contribution in [0.5, 0.6) is 11.5 Å². The van der Waals surface area contributed by atoms with Gasteiger partial charge in [0.05, 0.1) is 0 Å². The maximum atomic E-state index is 6.33. The highest BCUT2D eigenvalue weighted by Gasteiger charge is 2.26. The normalized spacial score (nSPS) is 18.5. The van der Waals surface area contributed by atoms with Gasteiger partial charge in [0, 0.05) is 0 Å². The van der Waals surface area contributed by atoms with E-state index in [1.165, 1.54) is 32.6 Å². The van der Waals surface area contributed by atoms with Gasteiger partial charge < -0.3 is 4.74 Å². The number of benzene rings is 4. The lowest BCUT2D eigenvalue weighted by atomic mass is 9.98. The third kappa shape index (κ3) is 2.73. The molecule has 6 rings (SSSR count). The van der Waals surface area contributed by atoms with Gasteiger partial charge in [-0.2, -0.15) is 0 Å². The summed E-state index contributed by atoms with van der Waals surface area (Å²) in [5.74, 6) is 2.10. The van der Waals surface area contributed by atoms with E-state index >= 15 is 0 Å². The SMILES string of the molecule is C[Si@H]1c2ccccc2Cc2cc(-c3ccc4c(c3)Oc3ccccc3[Si@H]4C)ccc21. The Morgan fingerprint density at radius 1 is 0.567 bits per heavy atom. The van der Waals surface area contributed by atoms with Gasteiger partial charge in [-0.05, 0) is 51.2 Å². The van der Waals surface area contributed by atoms with Crippen molar-refractivity contribution in [2.75, 3.05) is 0 Å². The number of hydrogen-bond donors (Lipinski definition) is 0. The van der Waals surface area contributed by atoms with Gasteiger partial charge in [-0.3, -0.25) is 0 Å². The quantitative estimate of drug-likeness (QED) is 0.429. The van der Waals surface area contributed by atoms with Crippen LogP contribution in [0.1, 0.15) is 11.1 Å². The van der Waals surface area contributed by atoms with Gasteiger partial charge in [0.1, 0.15) is 29.1 Å². The van der Waals surface area contributed by atoms with Crippen LogP contribution in [0.4, 0.5) is 0 Å². The lowest BCUT2D eigenvalue weighted by Crippen LogP contribution is -2.46. The van der Waals surface area contributed by atoms with E-state index in [-0.39, 0.29) is 0 Å². The Labute approximate surface area is 181 Å². The zero-order valence-corrected chi connectivity index (χ0v) is 19.7. The number of fused-ring (bicyclic) bond motifs is 4. The summed E-state index contributed by atoms with van der Waals surface area (Å²) in [6, 6.07) is 31.5. The Morgan fingerprint density at radius 2 is 1.17 bits per heavy atom. The van der Waals surface area contributed by atoms with Crippen LogP contribution in [-0.4, -0.2) is 17.6 Å². The summed E-state index contributed by atoms with van der Waals surface area (Å²) in [4.78, 5) is 0. The summed E-state index contributed by atoms with van der Waals surface area (Å²) in [5.41, 5.74) is 5.59. The first-order valence-corrected chi connectivity index (χ1v) is 15.4. The van der Waals surface area contributed by atoms with Gasteiger partial charge in [0.15, 0.2) is 0 Å². The van der Waals surface area contributed by atoms with Crippen LogP contribution in [0, 0.1) is 0 Å². The molecule has 4 aromatic carbocycles. The molecule has 0 saturated heterocycles. The van der Waals surface area contributed by atoms with Gasteiger partial charge in [-0.1, -0.05) is 96.3 Å². The predicted molar refractivity (Wildman–Crippen MR) is 132 cm³/mol. The van der Waals surface area contributed by atoms with E-state index in [0.717, 1.165) is 17.9 Å². The topological polar surface area (TPSA) is 9.23 Å². The largest absolute Gasteiger partial charge is 0.458 e. The molecule has 146 valence electrons. The predicted octanol–water partition coefficient (Wildman–Crippen LogP) is 3.31. The molecule has 0 aliphatic carbocycles. The molecule has 30 heavy (non-hydrogen) atoms. The Morgan fingerprint density at radius 3 is 2.03 bits per heavy atom. The molecule has 0 aromatic heterocycles. The van der Waals surface area contributed by atoms with Crippen molar-refractivity contribution < 1.29 is 4.74 Å². The number of rotatable bonds is 1. The summed E-state index contributed by atoms with van der Waals surface area (Å²) in [6.45, 7) is 4.87. The lowest BCUT2D eigenvalue weighted by Gasteiger charge is -2.26. The Hall–Kier alpha value is -2.89. The molecule has 2 atom stereocenters. The second-order valence-electron chi connectivity index (χ2n) is 8.63. The maximum absolute atomic E-state index is 6.33. The van der Waals surface area contributed by atoms with E-state index in [4.69, 9.17) is 4.74 Å². The average molecular weight is 421 g/mol. The fourth-order valence-corrected chi connectivity index (χ4v) is 10.1. The summed E-state index contributed by atoms with van der Waals surface area (Å²) in [7, 11) is -2.28. The van der Waals surface area contributed by atoms with Gasteiger partial charge in [0.2, 0.25) is 0 Å². The smallest absolute Gasteiger partial charge is 0.127 e. The number of ether oxygens (including phenoxy) is 1. The number of para-hydroxylation sites is 1. The van der Waals surface area contributed by atoms with E-state index in [1.54, 1.807) is 10.4 Å². The van der Waals surface area contributed by atoms with E-state index in [9.17, 15) is 0 Å². The molecule has 2 aliphatic heterocycles. The molecule has 0 fully saturated rings. The van der Waals surface area contributed by atoms with E-state index in [2.05, 4.69) is 98.0 Å². The van der Waals surface area contributed by atoms with Crippen LogP contribution in [0.3, 0.4) is 0 Å². The zero-order valence-electron chi connectivity index (χ0n) is 17.4. The molecule has 0 spiro atoms. The standard InChI is InChI=1S/C27H24OSi2/c1-29-24-9-5-3-7-20(24)16-21-15-18(11-13-25(21)29)19-12-14-27-23(17-19)28-22-8-4-6-10-26(22)30(27)2/h3-15,17,29-30H,16H2,1-2H3/t29-,30+/m0/s1. The van der Waals surface area contributed by atoms with E-state index in [0.29, 0.717) is 0 Å². The first-order chi connectivity index (χ1) is 14.7. The summed E-state index contributed by atoms with van der Waals surface area (Å²) in [6.07, 6.45) is 1.05. The fourth-order valence-electron chi connectivity index (χ4n) is 5.23. The molecule has 0 saturated carbocycles. The minimum absolute atomic E-state index is 1.04. The van der Waals surface area contributed by atoms with Crippen LogP contribution in [-0.2, 0) is 6.42 Å². The van der Waals surface area contributed by atoms with Crippen molar-refractivity contribution in [3.05, 3.63) is 96.1 Å². The second kappa shape index (κ2) is 6.83. The fraction of sp³-hybridized carbons (Fsp3) is 0.111. The van der Waals surface area contributed by atoms with Crippen molar-refractivity contribution in [1.82, 2.24) is 0 Å². The first-order valence-electron chi connectivity index (χ1n) is 10.8. The van der Waals surface area contributed by atoms with E-state index in [1.807, 2.05) is 0 Å². The highest BCUT2D eigenvalue weighted by atomic mass is 28.3. The Bertz CT molecular complexity index is 1190. The summed E-state index contributed by atoms with van der Waals surface area (Å²) in [5, 5.41) is 6.02. The summed E-state index contributed by atoms with van der Waals surface area (Å²) >= 11 is 0. The van der Waals surface area contributed by atoms with Crippen molar-refractivity contribution in [1.29, 1.82) is 0 Å². The molecule has 3 heteroatoms. The minimum Gasteiger partial charge on any atom is -0.458 e. The number of hydrogen-bond acceptors (Lipinski definition) is 1. The minimum atomic E-state index is -1.19. The maximum Gasteiger partial charge on any atom is 0.127 e. The van der Waals surface area contributed by atoms with Crippen molar-refractivity contribution in [2.45, 2.75) is 19.5 Å². The first kappa shape index (κ1) is 17.9. The highest BCUT2D eigenvalue weighted by Crippen LogP contribution is 2.30. The molecule has 2 heterocycles. The van der Waals surface area contributed by atoms with Gasteiger partial charge in [-0.25, -0.2) is 0 Å². The summed E-state index contributed by atoms with van der Waals surface area (Å²) < 4.78 is 6.33. The third-order valence-electron chi connectivity index (χ3n) is 6.93. The van der Waals surface area contributed by atoms with Crippen molar-refractivity contribution in [3.63, 3.8) is 0 Å². The highest BCUT2D eigenvalue weighted by molar-refractivity contribution is 6.86. The van der Waals surface area contributed by atoms with Gasteiger partial charge in [-0.15, -0.1) is 0 Å². The van der Waals surface area contributed by atoms with Gasteiger partial charge >= 0.3 is 0 Å².